The van der Waals surface area contributed by atoms with E-state index in [4.69, 9.17) is 19.9 Å². The van der Waals surface area contributed by atoms with Crippen molar-refractivity contribution in [2.75, 3.05) is 0 Å². The van der Waals surface area contributed by atoms with Crippen LogP contribution in [0.15, 0.2) is 182 Å². The standard InChI is InChI=1S/C48H30N4/c1-4-13-31(14-5-1)41-28-25-34-23-27-39-38-26-24-36(30-43(38)50-46(44(39)47(34)49-41)33-17-8-3-9-18-33)35-19-12-20-37(29-35)48-51-42-22-11-10-21-40(42)45(52-48)32-15-6-2-7-16-32/h1-30H. The van der Waals surface area contributed by atoms with Gasteiger partial charge < -0.3 is 0 Å². The Morgan fingerprint density at radius 2 is 0.923 bits per heavy atom. The number of nitrogens with zero attached hydrogens (tertiary/aromatic N) is 4. The van der Waals surface area contributed by atoms with Crippen LogP contribution in [0.2, 0.25) is 0 Å². The summed E-state index contributed by atoms with van der Waals surface area (Å²) in [5, 5.41) is 5.41. The molecule has 0 aliphatic carbocycles. The molecule has 0 saturated heterocycles. The van der Waals surface area contributed by atoms with Gasteiger partial charge in [0.15, 0.2) is 5.82 Å². The van der Waals surface area contributed by atoms with Gasteiger partial charge >= 0.3 is 0 Å². The summed E-state index contributed by atoms with van der Waals surface area (Å²) >= 11 is 0. The Hall–Kier alpha value is -7.04. The van der Waals surface area contributed by atoms with Gasteiger partial charge in [0.2, 0.25) is 0 Å². The van der Waals surface area contributed by atoms with E-state index >= 15 is 0 Å². The van der Waals surface area contributed by atoms with Gasteiger partial charge in [-0.3, -0.25) is 0 Å². The van der Waals surface area contributed by atoms with E-state index < -0.39 is 0 Å². The molecule has 0 saturated carbocycles. The number of aromatic nitrogens is 4. The minimum atomic E-state index is 0.699. The smallest absolute Gasteiger partial charge is 0.160 e. The van der Waals surface area contributed by atoms with Crippen LogP contribution in [0.4, 0.5) is 0 Å². The molecule has 0 atom stereocenters. The Kier molecular flexibility index (Phi) is 7.10. The van der Waals surface area contributed by atoms with Gasteiger partial charge in [0.25, 0.3) is 0 Å². The summed E-state index contributed by atoms with van der Waals surface area (Å²) in [5.74, 6) is 0.699. The lowest BCUT2D eigenvalue weighted by Gasteiger charge is -2.14. The van der Waals surface area contributed by atoms with E-state index in [0.29, 0.717) is 5.82 Å². The second-order valence-corrected chi connectivity index (χ2v) is 13.0. The molecule has 10 rings (SSSR count). The third-order valence-corrected chi connectivity index (χ3v) is 9.84. The van der Waals surface area contributed by atoms with Crippen molar-refractivity contribution in [3.05, 3.63) is 182 Å². The zero-order chi connectivity index (χ0) is 34.4. The quantitative estimate of drug-likeness (QED) is 0.172. The lowest BCUT2D eigenvalue weighted by atomic mass is 9.95. The predicted octanol–water partition coefficient (Wildman–Crippen LogP) is 12.2. The molecule has 242 valence electrons. The number of hydrogen-bond donors (Lipinski definition) is 0. The zero-order valence-corrected chi connectivity index (χ0v) is 28.1. The van der Waals surface area contributed by atoms with E-state index in [9.17, 15) is 0 Å². The van der Waals surface area contributed by atoms with Crippen molar-refractivity contribution < 1.29 is 0 Å². The molecule has 0 bridgehead atoms. The fourth-order valence-corrected chi connectivity index (χ4v) is 7.29. The lowest BCUT2D eigenvalue weighted by molar-refractivity contribution is 1.23. The molecule has 0 N–H and O–H groups in total. The average molecular weight is 663 g/mol. The Balaban J connectivity index is 1.14. The van der Waals surface area contributed by atoms with Crippen molar-refractivity contribution in [1.82, 2.24) is 19.9 Å². The summed E-state index contributed by atoms with van der Waals surface area (Å²) < 4.78 is 0. The molecule has 0 amide bonds. The molecule has 0 unspecified atom stereocenters. The van der Waals surface area contributed by atoms with E-state index in [1.165, 1.54) is 0 Å². The number of pyridine rings is 2. The van der Waals surface area contributed by atoms with Gasteiger partial charge in [0.05, 0.1) is 33.6 Å². The van der Waals surface area contributed by atoms with E-state index in [2.05, 4.69) is 140 Å². The Morgan fingerprint density at radius 3 is 1.71 bits per heavy atom. The van der Waals surface area contributed by atoms with Crippen molar-refractivity contribution in [2.45, 2.75) is 0 Å². The number of fused-ring (bicyclic) bond motifs is 6. The van der Waals surface area contributed by atoms with Crippen LogP contribution in [0.1, 0.15) is 0 Å². The summed E-state index contributed by atoms with van der Waals surface area (Å²) in [6, 6.07) is 63.1. The summed E-state index contributed by atoms with van der Waals surface area (Å²) in [6.45, 7) is 0. The minimum Gasteiger partial charge on any atom is -0.247 e. The first kappa shape index (κ1) is 29.8. The van der Waals surface area contributed by atoms with Crippen LogP contribution in [0.3, 0.4) is 0 Å². The highest BCUT2D eigenvalue weighted by Gasteiger charge is 2.17. The summed E-state index contributed by atoms with van der Waals surface area (Å²) in [7, 11) is 0. The molecule has 10 aromatic rings. The average Bonchev–Trinajstić information content (AvgIpc) is 3.23. The fourth-order valence-electron chi connectivity index (χ4n) is 7.29. The number of benzene rings is 7. The monoisotopic (exact) mass is 662 g/mol. The SMILES string of the molecule is c1ccc(-c2ccc3ccc4c5ccc(-c6cccc(-c7nc(-c8ccccc8)c8ccccc8n7)c6)cc5nc(-c5ccccc5)c4c3n2)cc1. The van der Waals surface area contributed by atoms with Crippen molar-refractivity contribution in [2.24, 2.45) is 0 Å². The van der Waals surface area contributed by atoms with Crippen molar-refractivity contribution >= 4 is 43.5 Å². The maximum absolute atomic E-state index is 5.41. The van der Waals surface area contributed by atoms with Crippen LogP contribution >= 0.6 is 0 Å². The molecule has 0 aliphatic heterocycles. The summed E-state index contributed by atoms with van der Waals surface area (Å²) in [4.78, 5) is 20.8. The first-order valence-corrected chi connectivity index (χ1v) is 17.5. The zero-order valence-electron chi connectivity index (χ0n) is 28.1. The van der Waals surface area contributed by atoms with Crippen LogP contribution in [-0.4, -0.2) is 19.9 Å². The van der Waals surface area contributed by atoms with Gasteiger partial charge in [-0.2, -0.15) is 0 Å². The molecule has 3 heterocycles. The first-order valence-electron chi connectivity index (χ1n) is 17.5. The number of para-hydroxylation sites is 1. The topological polar surface area (TPSA) is 51.6 Å². The van der Waals surface area contributed by atoms with E-state index in [-0.39, 0.29) is 0 Å². The van der Waals surface area contributed by atoms with Gasteiger partial charge in [-0.05, 0) is 40.8 Å². The molecule has 52 heavy (non-hydrogen) atoms. The molecule has 0 radical (unpaired) electrons. The maximum atomic E-state index is 5.41. The van der Waals surface area contributed by atoms with Crippen LogP contribution < -0.4 is 0 Å². The van der Waals surface area contributed by atoms with Crippen LogP contribution in [-0.2, 0) is 0 Å². The minimum absolute atomic E-state index is 0.699. The molecule has 0 aliphatic rings. The molecule has 3 aromatic heterocycles. The highest BCUT2D eigenvalue weighted by molar-refractivity contribution is 6.20. The van der Waals surface area contributed by atoms with Crippen molar-refractivity contribution in [3.8, 4) is 56.3 Å². The molecule has 4 heteroatoms. The Labute approximate surface area is 300 Å². The van der Waals surface area contributed by atoms with Crippen molar-refractivity contribution in [3.63, 3.8) is 0 Å². The number of rotatable bonds is 5. The summed E-state index contributed by atoms with van der Waals surface area (Å²) in [6.07, 6.45) is 0. The molecular weight excluding hydrogens is 633 g/mol. The second kappa shape index (κ2) is 12.4. The fraction of sp³-hybridized carbons (Fsp3) is 0. The molecule has 4 nitrogen and oxygen atoms in total. The van der Waals surface area contributed by atoms with E-state index in [1.54, 1.807) is 0 Å². The Morgan fingerprint density at radius 1 is 0.308 bits per heavy atom. The molecule has 0 spiro atoms. The van der Waals surface area contributed by atoms with Crippen LogP contribution in [0, 0.1) is 0 Å². The van der Waals surface area contributed by atoms with Crippen LogP contribution in [0.25, 0.3) is 99.8 Å². The van der Waals surface area contributed by atoms with Gasteiger partial charge in [0.1, 0.15) is 0 Å². The van der Waals surface area contributed by atoms with Gasteiger partial charge in [0, 0.05) is 43.8 Å². The third kappa shape index (κ3) is 5.17. The lowest BCUT2D eigenvalue weighted by Crippen LogP contribution is -1.95. The van der Waals surface area contributed by atoms with Gasteiger partial charge in [-0.1, -0.05) is 158 Å². The van der Waals surface area contributed by atoms with Gasteiger partial charge in [-0.25, -0.2) is 19.9 Å². The highest BCUT2D eigenvalue weighted by Crippen LogP contribution is 2.39. The van der Waals surface area contributed by atoms with Gasteiger partial charge in [-0.15, -0.1) is 0 Å². The molecular formula is C48H30N4. The molecule has 0 fully saturated rings. The molecule has 7 aromatic carbocycles. The number of hydrogen-bond acceptors (Lipinski definition) is 4. The Bertz CT molecular complexity index is 2940. The van der Waals surface area contributed by atoms with Crippen molar-refractivity contribution in [1.29, 1.82) is 0 Å². The maximum Gasteiger partial charge on any atom is 0.160 e. The van der Waals surface area contributed by atoms with Crippen LogP contribution in [0.5, 0.6) is 0 Å². The third-order valence-electron chi connectivity index (χ3n) is 9.84. The largest absolute Gasteiger partial charge is 0.247 e. The summed E-state index contributed by atoms with van der Waals surface area (Å²) in [5.41, 5.74) is 11.9. The van der Waals surface area contributed by atoms with E-state index in [1.807, 2.05) is 42.5 Å². The first-order chi connectivity index (χ1) is 25.8. The normalized spacial score (nSPS) is 11.5. The predicted molar refractivity (Wildman–Crippen MR) is 215 cm³/mol. The second-order valence-electron chi connectivity index (χ2n) is 13.0. The van der Waals surface area contributed by atoms with E-state index in [0.717, 1.165) is 93.9 Å². The highest BCUT2D eigenvalue weighted by atomic mass is 14.9.